The van der Waals surface area contributed by atoms with E-state index >= 15 is 0 Å². The van der Waals surface area contributed by atoms with E-state index in [2.05, 4.69) is 18.7 Å². The third-order valence-corrected chi connectivity index (χ3v) is 5.74. The van der Waals surface area contributed by atoms with E-state index in [1.165, 1.54) is 4.90 Å². The molecule has 1 aliphatic heterocycles. The molecule has 1 aromatic carbocycles. The molecule has 0 aromatic heterocycles. The number of fused-ring (bicyclic) bond motifs is 1. The average molecular weight is 327 g/mol. The van der Waals surface area contributed by atoms with Crippen LogP contribution in [0.2, 0.25) is 0 Å². The second-order valence-corrected chi connectivity index (χ2v) is 7.21. The van der Waals surface area contributed by atoms with Gasteiger partial charge in [0.2, 0.25) is 11.8 Å². The summed E-state index contributed by atoms with van der Waals surface area (Å²) in [6, 6.07) is 9.26. The zero-order valence-electron chi connectivity index (χ0n) is 13.2. The van der Waals surface area contributed by atoms with Gasteiger partial charge in [-0.1, -0.05) is 43.4 Å². The number of imide groups is 1. The summed E-state index contributed by atoms with van der Waals surface area (Å²) < 4.78 is 0. The van der Waals surface area contributed by atoms with Gasteiger partial charge >= 0.3 is 0 Å². The fourth-order valence-corrected chi connectivity index (χ4v) is 4.44. The predicted molar refractivity (Wildman–Crippen MR) is 95.2 cm³/mol. The van der Waals surface area contributed by atoms with E-state index < -0.39 is 0 Å². The molecular formula is C19H21NO2S. The van der Waals surface area contributed by atoms with Crippen LogP contribution < -0.4 is 4.90 Å². The number of carbonyl (C=O) groups excluding carboxylic acids is 2. The van der Waals surface area contributed by atoms with Crippen molar-refractivity contribution in [2.24, 2.45) is 23.7 Å². The maximum Gasteiger partial charge on any atom is 0.238 e. The van der Waals surface area contributed by atoms with Crippen LogP contribution in [0.4, 0.5) is 5.69 Å². The van der Waals surface area contributed by atoms with E-state index in [0.29, 0.717) is 5.69 Å². The lowest BCUT2D eigenvalue weighted by molar-refractivity contribution is -0.122. The molecule has 4 heteroatoms. The van der Waals surface area contributed by atoms with E-state index in [1.807, 2.05) is 43.3 Å². The number of para-hydroxylation sites is 1. The number of thioether (sulfide) groups is 1. The number of allylic oxidation sites excluding steroid dienone is 2. The molecule has 1 heterocycles. The molecular weight excluding hydrogens is 306 g/mol. The predicted octanol–water partition coefficient (Wildman–Crippen LogP) is 3.53. The number of hydrogen-bond donors (Lipinski definition) is 0. The van der Waals surface area contributed by atoms with Crippen LogP contribution in [0.5, 0.6) is 0 Å². The Morgan fingerprint density at radius 1 is 1.13 bits per heavy atom. The lowest BCUT2D eigenvalue weighted by Crippen LogP contribution is -2.33. The Labute approximate surface area is 141 Å². The topological polar surface area (TPSA) is 37.4 Å². The molecule has 4 atom stereocenters. The smallest absolute Gasteiger partial charge is 0.238 e. The van der Waals surface area contributed by atoms with Crippen LogP contribution in [0, 0.1) is 23.7 Å². The van der Waals surface area contributed by atoms with Crippen molar-refractivity contribution in [2.75, 3.05) is 16.4 Å². The van der Waals surface area contributed by atoms with E-state index in [9.17, 15) is 9.59 Å². The summed E-state index contributed by atoms with van der Waals surface area (Å²) >= 11 is 1.76. The van der Waals surface area contributed by atoms with Crippen molar-refractivity contribution >= 4 is 29.3 Å². The minimum Gasteiger partial charge on any atom is -0.274 e. The van der Waals surface area contributed by atoms with Gasteiger partial charge in [-0.3, -0.25) is 14.5 Å². The number of carbonyl (C=O) groups is 2. The van der Waals surface area contributed by atoms with Crippen LogP contribution in [0.1, 0.15) is 6.92 Å². The molecule has 1 aromatic rings. The van der Waals surface area contributed by atoms with Gasteiger partial charge in [0.05, 0.1) is 17.5 Å². The van der Waals surface area contributed by atoms with Crippen molar-refractivity contribution in [1.29, 1.82) is 0 Å². The highest BCUT2D eigenvalue weighted by atomic mass is 32.2. The summed E-state index contributed by atoms with van der Waals surface area (Å²) in [5.74, 6) is 1.35. The van der Waals surface area contributed by atoms with Gasteiger partial charge in [-0.2, -0.15) is 11.8 Å². The van der Waals surface area contributed by atoms with E-state index in [0.717, 1.165) is 11.5 Å². The number of rotatable bonds is 5. The summed E-state index contributed by atoms with van der Waals surface area (Å²) in [7, 11) is 0. The first-order valence-corrected chi connectivity index (χ1v) is 9.10. The van der Waals surface area contributed by atoms with Gasteiger partial charge in [-0.25, -0.2) is 0 Å². The fraction of sp³-hybridized carbons (Fsp3) is 0.368. The first-order valence-electron chi connectivity index (χ1n) is 7.95. The minimum absolute atomic E-state index is 0.0494. The summed E-state index contributed by atoms with van der Waals surface area (Å²) in [6.45, 7) is 5.76. The molecule has 0 unspecified atom stereocenters. The molecule has 3 rings (SSSR count). The highest BCUT2D eigenvalue weighted by Crippen LogP contribution is 2.43. The maximum absolute atomic E-state index is 13.0. The van der Waals surface area contributed by atoms with Crippen LogP contribution in [0.3, 0.4) is 0 Å². The molecule has 3 nitrogen and oxygen atoms in total. The van der Waals surface area contributed by atoms with E-state index in [4.69, 9.17) is 0 Å². The van der Waals surface area contributed by atoms with Crippen LogP contribution in [-0.4, -0.2) is 23.3 Å². The lowest BCUT2D eigenvalue weighted by atomic mass is 9.73. The van der Waals surface area contributed by atoms with Crippen LogP contribution in [-0.2, 0) is 9.59 Å². The van der Waals surface area contributed by atoms with E-state index in [-0.39, 0.29) is 35.5 Å². The standard InChI is InChI=1S/C19H21NO2S/c1-3-11-23-12-14-10-9-13(2)16-17(14)19(22)20(18(16)21)15-7-5-4-6-8-15/h3-10,13-14,16-17H,1,11-12H2,2H3/t13-,14-,16-,17+/m0/s1. The first kappa shape index (κ1) is 16.1. The molecule has 1 fully saturated rings. The van der Waals surface area contributed by atoms with Crippen molar-refractivity contribution in [3.8, 4) is 0 Å². The third-order valence-electron chi connectivity index (χ3n) is 4.65. The molecule has 2 amide bonds. The van der Waals surface area contributed by atoms with Gasteiger partial charge in [0.15, 0.2) is 0 Å². The van der Waals surface area contributed by atoms with Gasteiger partial charge in [0.25, 0.3) is 0 Å². The Bertz CT molecular complexity index is 640. The Hall–Kier alpha value is -1.81. The molecule has 120 valence electrons. The second-order valence-electron chi connectivity index (χ2n) is 6.13. The summed E-state index contributed by atoms with van der Waals surface area (Å²) in [4.78, 5) is 27.3. The summed E-state index contributed by atoms with van der Waals surface area (Å²) in [5, 5.41) is 0. The normalized spacial score (nSPS) is 29.7. The molecule has 23 heavy (non-hydrogen) atoms. The van der Waals surface area contributed by atoms with Crippen LogP contribution in [0.15, 0.2) is 55.1 Å². The molecule has 0 saturated carbocycles. The summed E-state index contributed by atoms with van der Waals surface area (Å²) in [5.41, 5.74) is 0.682. The molecule has 1 aliphatic carbocycles. The number of anilines is 1. The van der Waals surface area contributed by atoms with Crippen molar-refractivity contribution < 1.29 is 9.59 Å². The quantitative estimate of drug-likeness (QED) is 0.472. The van der Waals surface area contributed by atoms with Crippen LogP contribution >= 0.6 is 11.8 Å². The molecule has 0 spiro atoms. The Morgan fingerprint density at radius 3 is 2.52 bits per heavy atom. The van der Waals surface area contributed by atoms with Gasteiger partial charge in [-0.15, -0.1) is 6.58 Å². The Kier molecular flexibility index (Phi) is 4.71. The molecule has 1 saturated heterocycles. The van der Waals surface area contributed by atoms with Crippen molar-refractivity contribution in [3.63, 3.8) is 0 Å². The number of nitrogens with zero attached hydrogens (tertiary/aromatic N) is 1. The van der Waals surface area contributed by atoms with Crippen molar-refractivity contribution in [2.45, 2.75) is 6.92 Å². The fourth-order valence-electron chi connectivity index (χ4n) is 3.55. The molecule has 0 bridgehead atoms. The first-order chi connectivity index (χ1) is 11.1. The van der Waals surface area contributed by atoms with Crippen molar-refractivity contribution in [1.82, 2.24) is 0 Å². The zero-order valence-corrected chi connectivity index (χ0v) is 14.0. The SMILES string of the molecule is C=CCSC[C@@H]1C=C[C@H](C)[C@@H]2C(=O)N(c3ccccc3)C(=O)[C@@H]21. The van der Waals surface area contributed by atoms with E-state index in [1.54, 1.807) is 11.8 Å². The third kappa shape index (κ3) is 2.88. The highest BCUT2D eigenvalue weighted by molar-refractivity contribution is 7.99. The molecule has 0 N–H and O–H groups in total. The Morgan fingerprint density at radius 2 is 1.83 bits per heavy atom. The van der Waals surface area contributed by atoms with Crippen molar-refractivity contribution in [3.05, 3.63) is 55.1 Å². The number of amides is 2. The van der Waals surface area contributed by atoms with Gasteiger partial charge in [0, 0.05) is 11.5 Å². The number of hydrogen-bond acceptors (Lipinski definition) is 3. The van der Waals surface area contributed by atoms with Gasteiger partial charge in [0.1, 0.15) is 0 Å². The lowest BCUT2D eigenvalue weighted by Gasteiger charge is -2.29. The monoisotopic (exact) mass is 327 g/mol. The van der Waals surface area contributed by atoms with Crippen LogP contribution in [0.25, 0.3) is 0 Å². The largest absolute Gasteiger partial charge is 0.274 e. The Balaban J connectivity index is 1.89. The molecule has 2 aliphatic rings. The zero-order chi connectivity index (χ0) is 16.4. The second kappa shape index (κ2) is 6.75. The summed E-state index contributed by atoms with van der Waals surface area (Å²) in [6.07, 6.45) is 6.09. The minimum atomic E-state index is -0.236. The van der Waals surface area contributed by atoms with Gasteiger partial charge < -0.3 is 0 Å². The molecule has 0 radical (unpaired) electrons. The maximum atomic E-state index is 13.0. The van der Waals surface area contributed by atoms with Gasteiger partial charge in [-0.05, 0) is 24.0 Å². The average Bonchev–Trinajstić information content (AvgIpc) is 2.83. The highest BCUT2D eigenvalue weighted by Gasteiger charge is 2.53. The number of benzene rings is 1.